The molecule has 0 spiro atoms. The Kier molecular flexibility index (Phi) is 6.46. The van der Waals surface area contributed by atoms with E-state index in [1.165, 1.54) is 6.07 Å². The molecule has 1 amide bonds. The smallest absolute Gasteiger partial charge is 0.407 e. The fraction of sp³-hybridized carbons (Fsp3) is 0.562. The van der Waals surface area contributed by atoms with Gasteiger partial charge in [0.1, 0.15) is 5.60 Å². The topological polar surface area (TPSA) is 84.5 Å². The Morgan fingerprint density at radius 1 is 1.17 bits per heavy atom. The molecule has 0 aliphatic carbocycles. The fourth-order valence-corrected chi connectivity index (χ4v) is 4.24. The fourth-order valence-electron chi connectivity index (χ4n) is 1.81. The Hall–Kier alpha value is -1.12. The van der Waals surface area contributed by atoms with E-state index in [0.29, 0.717) is 10.0 Å². The summed E-state index contributed by atoms with van der Waals surface area (Å²) in [5.41, 5.74) is -0.531. The van der Waals surface area contributed by atoms with Crippen molar-refractivity contribution in [3.63, 3.8) is 0 Å². The molecule has 0 radical (unpaired) electrons. The second-order valence-electron chi connectivity index (χ2n) is 7.48. The molecule has 0 saturated carbocycles. The third kappa shape index (κ3) is 7.19. The highest BCUT2D eigenvalue weighted by molar-refractivity contribution is 9.10. The number of halogens is 1. The van der Waals surface area contributed by atoms with Gasteiger partial charge in [-0.05, 0) is 75.2 Å². The van der Waals surface area contributed by atoms with E-state index in [0.717, 1.165) is 0 Å². The largest absolute Gasteiger partial charge is 0.444 e. The molecule has 0 bridgehead atoms. The molecule has 24 heavy (non-hydrogen) atoms. The number of carbonyl (C=O) groups is 1. The Morgan fingerprint density at radius 2 is 1.75 bits per heavy atom. The maximum Gasteiger partial charge on any atom is 0.407 e. The van der Waals surface area contributed by atoms with Crippen LogP contribution in [-0.2, 0) is 21.3 Å². The number of hydrogen-bond donors (Lipinski definition) is 2. The first-order valence-corrected chi connectivity index (χ1v) is 9.76. The van der Waals surface area contributed by atoms with E-state index in [1.807, 2.05) is 0 Å². The van der Waals surface area contributed by atoms with Crippen LogP contribution in [-0.4, -0.2) is 25.7 Å². The van der Waals surface area contributed by atoms with Crippen LogP contribution in [0.15, 0.2) is 27.6 Å². The Labute approximate surface area is 152 Å². The second kappa shape index (κ2) is 7.41. The highest BCUT2D eigenvalue weighted by Gasteiger charge is 2.24. The van der Waals surface area contributed by atoms with Gasteiger partial charge in [0, 0.05) is 16.6 Å². The van der Waals surface area contributed by atoms with Gasteiger partial charge in [-0.25, -0.2) is 17.9 Å². The van der Waals surface area contributed by atoms with E-state index >= 15 is 0 Å². The number of amides is 1. The first kappa shape index (κ1) is 20.9. The van der Waals surface area contributed by atoms with Crippen molar-refractivity contribution in [1.29, 1.82) is 0 Å². The van der Waals surface area contributed by atoms with E-state index in [-0.39, 0.29) is 11.4 Å². The van der Waals surface area contributed by atoms with Gasteiger partial charge < -0.3 is 10.1 Å². The minimum atomic E-state index is -3.68. The van der Waals surface area contributed by atoms with Crippen molar-refractivity contribution in [2.45, 2.75) is 64.1 Å². The zero-order chi connectivity index (χ0) is 18.8. The second-order valence-corrected chi connectivity index (χ2v) is 9.98. The van der Waals surface area contributed by atoms with Crippen LogP contribution in [0, 0.1) is 0 Å². The van der Waals surface area contributed by atoms with Gasteiger partial charge in [0.15, 0.2) is 0 Å². The van der Waals surface area contributed by atoms with Gasteiger partial charge in [0.25, 0.3) is 0 Å². The van der Waals surface area contributed by atoms with Gasteiger partial charge in [0.2, 0.25) is 10.0 Å². The molecular weight excluding hydrogens is 396 g/mol. The molecule has 1 aromatic rings. The summed E-state index contributed by atoms with van der Waals surface area (Å²) >= 11 is 3.26. The molecule has 0 aliphatic heterocycles. The third-order valence-electron chi connectivity index (χ3n) is 2.56. The van der Waals surface area contributed by atoms with Crippen molar-refractivity contribution in [1.82, 2.24) is 10.0 Å². The van der Waals surface area contributed by atoms with Crippen LogP contribution >= 0.6 is 15.9 Å². The van der Waals surface area contributed by atoms with E-state index in [9.17, 15) is 13.2 Å². The predicted octanol–water partition coefficient (Wildman–Crippen LogP) is 3.55. The lowest BCUT2D eigenvalue weighted by Crippen LogP contribution is -2.40. The summed E-state index contributed by atoms with van der Waals surface area (Å²) in [6.45, 7) is 10.8. The lowest BCUT2D eigenvalue weighted by Gasteiger charge is -2.21. The summed E-state index contributed by atoms with van der Waals surface area (Å²) in [5.74, 6) is 0. The van der Waals surface area contributed by atoms with Crippen LogP contribution in [0.2, 0.25) is 0 Å². The number of rotatable bonds is 4. The molecule has 0 unspecified atom stereocenters. The summed E-state index contributed by atoms with van der Waals surface area (Å²) < 4.78 is 33.2. The molecule has 0 fully saturated rings. The average Bonchev–Trinajstić information content (AvgIpc) is 2.32. The Bertz CT molecular complexity index is 704. The zero-order valence-corrected chi connectivity index (χ0v) is 17.3. The molecule has 0 aliphatic rings. The normalized spacial score (nSPS) is 12.8. The standard InChI is InChI=1S/C16H25BrN2O4S/c1-15(2,3)19-24(21,22)13-9-11(7-8-12(13)17)10-18-14(20)23-16(4,5)6/h7-9,19H,10H2,1-6H3,(H,18,20). The van der Waals surface area contributed by atoms with Crippen LogP contribution in [0.4, 0.5) is 4.79 Å². The summed E-state index contributed by atoms with van der Waals surface area (Å²) in [5, 5.41) is 2.61. The van der Waals surface area contributed by atoms with Crippen molar-refractivity contribution in [3.8, 4) is 0 Å². The van der Waals surface area contributed by atoms with E-state index < -0.39 is 27.3 Å². The summed E-state index contributed by atoms with van der Waals surface area (Å²) in [6, 6.07) is 4.90. The lowest BCUT2D eigenvalue weighted by atomic mass is 10.1. The summed E-state index contributed by atoms with van der Waals surface area (Å²) in [6.07, 6.45) is -0.553. The average molecular weight is 421 g/mol. The van der Waals surface area contributed by atoms with Gasteiger partial charge in [-0.2, -0.15) is 0 Å². The minimum Gasteiger partial charge on any atom is -0.444 e. The molecule has 1 rings (SSSR count). The molecule has 0 aromatic heterocycles. The SMILES string of the molecule is CC(C)(C)NS(=O)(=O)c1cc(CNC(=O)OC(C)(C)C)ccc1Br. The van der Waals surface area contributed by atoms with Crippen LogP contribution in [0.25, 0.3) is 0 Å². The predicted molar refractivity (Wildman–Crippen MR) is 97.3 cm³/mol. The summed E-state index contributed by atoms with van der Waals surface area (Å²) in [7, 11) is -3.68. The van der Waals surface area contributed by atoms with Gasteiger partial charge >= 0.3 is 6.09 Å². The van der Waals surface area contributed by atoms with Gasteiger partial charge in [-0.1, -0.05) is 6.07 Å². The Morgan fingerprint density at radius 3 is 2.25 bits per heavy atom. The van der Waals surface area contributed by atoms with Gasteiger partial charge in [-0.3, -0.25) is 0 Å². The van der Waals surface area contributed by atoms with Gasteiger partial charge in [0.05, 0.1) is 4.90 Å². The molecule has 1 aromatic carbocycles. The number of sulfonamides is 1. The van der Waals surface area contributed by atoms with Crippen molar-refractivity contribution >= 4 is 32.0 Å². The Balaban J connectivity index is 2.93. The van der Waals surface area contributed by atoms with E-state index in [2.05, 4.69) is 26.0 Å². The van der Waals surface area contributed by atoms with Gasteiger partial charge in [-0.15, -0.1) is 0 Å². The zero-order valence-electron chi connectivity index (χ0n) is 14.9. The number of carbonyl (C=O) groups excluding carboxylic acids is 1. The van der Waals surface area contributed by atoms with Crippen LogP contribution in [0.5, 0.6) is 0 Å². The molecule has 6 nitrogen and oxygen atoms in total. The first-order valence-electron chi connectivity index (χ1n) is 7.49. The third-order valence-corrected chi connectivity index (χ3v) is 5.31. The maximum absolute atomic E-state index is 12.5. The first-order chi connectivity index (χ1) is 10.7. The van der Waals surface area contributed by atoms with Crippen LogP contribution in [0.1, 0.15) is 47.1 Å². The maximum atomic E-state index is 12.5. The monoisotopic (exact) mass is 420 g/mol. The highest BCUT2D eigenvalue weighted by atomic mass is 79.9. The molecular formula is C16H25BrN2O4S. The number of hydrogen-bond acceptors (Lipinski definition) is 4. The van der Waals surface area contributed by atoms with Crippen LogP contribution < -0.4 is 10.0 Å². The van der Waals surface area contributed by atoms with Crippen molar-refractivity contribution in [3.05, 3.63) is 28.2 Å². The minimum absolute atomic E-state index is 0.126. The number of alkyl carbamates (subject to hydrolysis) is 1. The molecule has 8 heteroatoms. The molecule has 2 N–H and O–H groups in total. The lowest BCUT2D eigenvalue weighted by molar-refractivity contribution is 0.0523. The molecule has 0 atom stereocenters. The number of ether oxygens (including phenoxy) is 1. The van der Waals surface area contributed by atoms with Crippen molar-refractivity contribution in [2.24, 2.45) is 0 Å². The van der Waals surface area contributed by atoms with Crippen molar-refractivity contribution < 1.29 is 17.9 Å². The quantitative estimate of drug-likeness (QED) is 0.779. The van der Waals surface area contributed by atoms with E-state index in [1.54, 1.807) is 53.7 Å². The molecule has 0 heterocycles. The molecule has 136 valence electrons. The highest BCUT2D eigenvalue weighted by Crippen LogP contribution is 2.24. The number of benzene rings is 1. The van der Waals surface area contributed by atoms with Crippen molar-refractivity contribution in [2.75, 3.05) is 0 Å². The summed E-state index contributed by atoms with van der Waals surface area (Å²) in [4.78, 5) is 11.8. The van der Waals surface area contributed by atoms with Crippen LogP contribution in [0.3, 0.4) is 0 Å². The van der Waals surface area contributed by atoms with E-state index in [4.69, 9.17) is 4.74 Å². The number of nitrogens with one attached hydrogen (secondary N) is 2. The molecule has 0 saturated heterocycles.